The van der Waals surface area contributed by atoms with E-state index in [0.29, 0.717) is 0 Å². The van der Waals surface area contributed by atoms with Crippen LogP contribution < -0.4 is 10.7 Å². The SMILES string of the molecule is O=[N+]([O-])c1cc(/C=N\NC(=S)Nc2ccccc2)c(O)cc1O. The Labute approximate surface area is 136 Å². The van der Waals surface area contributed by atoms with E-state index >= 15 is 0 Å². The minimum Gasteiger partial charge on any atom is -0.507 e. The van der Waals surface area contributed by atoms with E-state index in [2.05, 4.69) is 15.8 Å². The third-order valence-electron chi connectivity index (χ3n) is 2.72. The lowest BCUT2D eigenvalue weighted by molar-refractivity contribution is -0.385. The van der Waals surface area contributed by atoms with Crippen LogP contribution in [0.2, 0.25) is 0 Å². The molecule has 9 heteroatoms. The average Bonchev–Trinajstić information content (AvgIpc) is 2.50. The fourth-order valence-electron chi connectivity index (χ4n) is 1.67. The molecule has 0 amide bonds. The van der Waals surface area contributed by atoms with E-state index in [1.165, 1.54) is 0 Å². The minimum atomic E-state index is -0.763. The lowest BCUT2D eigenvalue weighted by Crippen LogP contribution is -2.23. The van der Waals surface area contributed by atoms with Gasteiger partial charge in [0, 0.05) is 23.4 Å². The van der Waals surface area contributed by atoms with E-state index in [0.717, 1.165) is 24.0 Å². The predicted octanol–water partition coefficient (Wildman–Crippen LogP) is 2.33. The molecule has 2 aromatic carbocycles. The van der Waals surface area contributed by atoms with Gasteiger partial charge in [-0.25, -0.2) is 0 Å². The minimum absolute atomic E-state index is 0.0597. The van der Waals surface area contributed by atoms with Gasteiger partial charge >= 0.3 is 5.69 Å². The number of rotatable bonds is 4. The Kier molecular flexibility index (Phi) is 5.05. The highest BCUT2D eigenvalue weighted by Crippen LogP contribution is 2.31. The van der Waals surface area contributed by atoms with Crippen LogP contribution in [0.3, 0.4) is 0 Å². The summed E-state index contributed by atoms with van der Waals surface area (Å²) in [6.45, 7) is 0. The number of nitro groups is 1. The van der Waals surface area contributed by atoms with Gasteiger partial charge in [0.25, 0.3) is 0 Å². The molecule has 0 saturated heterocycles. The van der Waals surface area contributed by atoms with Crippen molar-refractivity contribution in [1.29, 1.82) is 0 Å². The highest BCUT2D eigenvalue weighted by molar-refractivity contribution is 7.80. The molecule has 0 spiro atoms. The molecule has 0 heterocycles. The zero-order valence-corrected chi connectivity index (χ0v) is 12.4. The summed E-state index contributed by atoms with van der Waals surface area (Å²) >= 11 is 5.03. The Hall–Kier alpha value is -3.20. The number of phenols is 2. The summed E-state index contributed by atoms with van der Waals surface area (Å²) in [5, 5.41) is 36.6. The number of benzene rings is 2. The summed E-state index contributed by atoms with van der Waals surface area (Å²) in [6, 6.07) is 11.0. The summed E-state index contributed by atoms with van der Waals surface area (Å²) in [4.78, 5) is 9.98. The van der Waals surface area contributed by atoms with E-state index in [1.807, 2.05) is 30.3 Å². The number of hydrogen-bond acceptors (Lipinski definition) is 6. The van der Waals surface area contributed by atoms with Gasteiger partial charge in [-0.15, -0.1) is 0 Å². The quantitative estimate of drug-likeness (QED) is 0.293. The van der Waals surface area contributed by atoms with Crippen molar-refractivity contribution in [2.24, 2.45) is 5.10 Å². The number of thiocarbonyl (C=S) groups is 1. The molecule has 0 unspecified atom stereocenters. The first-order valence-corrected chi connectivity index (χ1v) is 6.73. The van der Waals surface area contributed by atoms with Crippen molar-refractivity contribution in [2.45, 2.75) is 0 Å². The molecule has 0 aliphatic heterocycles. The van der Waals surface area contributed by atoms with Crippen molar-refractivity contribution in [3.8, 4) is 11.5 Å². The van der Waals surface area contributed by atoms with Crippen molar-refractivity contribution < 1.29 is 15.1 Å². The third-order valence-corrected chi connectivity index (χ3v) is 2.92. The molecule has 0 aliphatic rings. The lowest BCUT2D eigenvalue weighted by atomic mass is 10.2. The van der Waals surface area contributed by atoms with Crippen molar-refractivity contribution >= 4 is 34.9 Å². The largest absolute Gasteiger partial charge is 0.507 e. The molecule has 4 N–H and O–H groups in total. The van der Waals surface area contributed by atoms with E-state index in [1.54, 1.807) is 0 Å². The smallest absolute Gasteiger partial charge is 0.311 e. The number of para-hydroxylation sites is 1. The van der Waals surface area contributed by atoms with Crippen molar-refractivity contribution in [3.63, 3.8) is 0 Å². The first-order chi connectivity index (χ1) is 11.0. The molecule has 0 fully saturated rings. The van der Waals surface area contributed by atoms with Gasteiger partial charge in [0.2, 0.25) is 0 Å². The Bertz CT molecular complexity index is 765. The van der Waals surface area contributed by atoms with Gasteiger partial charge in [-0.05, 0) is 24.4 Å². The van der Waals surface area contributed by atoms with Crippen LogP contribution in [-0.4, -0.2) is 26.5 Å². The third kappa shape index (κ3) is 4.38. The molecule has 0 aliphatic carbocycles. The number of hydrazone groups is 1. The zero-order chi connectivity index (χ0) is 16.8. The Morgan fingerprint density at radius 2 is 1.91 bits per heavy atom. The van der Waals surface area contributed by atoms with Gasteiger partial charge in [-0.2, -0.15) is 5.10 Å². The molecular weight excluding hydrogens is 320 g/mol. The first-order valence-electron chi connectivity index (χ1n) is 6.33. The maximum Gasteiger partial charge on any atom is 0.311 e. The van der Waals surface area contributed by atoms with Gasteiger partial charge < -0.3 is 15.5 Å². The Morgan fingerprint density at radius 1 is 1.22 bits per heavy atom. The normalized spacial score (nSPS) is 10.4. The van der Waals surface area contributed by atoms with E-state index in [9.17, 15) is 20.3 Å². The molecule has 2 rings (SSSR count). The summed E-state index contributed by atoms with van der Waals surface area (Å²) in [6.07, 6.45) is 1.15. The molecule has 0 radical (unpaired) electrons. The predicted molar refractivity (Wildman–Crippen MR) is 89.8 cm³/mol. The van der Waals surface area contributed by atoms with Gasteiger partial charge in [-0.3, -0.25) is 15.5 Å². The number of phenolic OH excluding ortho intramolecular Hbond substituents is 2. The number of nitrogens with zero attached hydrogens (tertiary/aromatic N) is 2. The number of anilines is 1. The molecule has 0 saturated carbocycles. The van der Waals surface area contributed by atoms with E-state index in [4.69, 9.17) is 12.2 Å². The molecular formula is C14H12N4O4S. The van der Waals surface area contributed by atoms with Crippen LogP contribution in [-0.2, 0) is 0 Å². The van der Waals surface area contributed by atoms with E-state index < -0.39 is 16.4 Å². The molecule has 23 heavy (non-hydrogen) atoms. The van der Waals surface area contributed by atoms with Crippen LogP contribution in [0.4, 0.5) is 11.4 Å². The standard InChI is InChI=1S/C14H12N4O4S/c19-12-7-13(20)11(18(21)22)6-9(12)8-15-17-14(23)16-10-4-2-1-3-5-10/h1-8,19-20H,(H2,16,17,23)/b15-8-. The number of hydrogen-bond donors (Lipinski definition) is 4. The monoisotopic (exact) mass is 332 g/mol. The summed E-state index contributed by atoms with van der Waals surface area (Å²) in [5.74, 6) is -0.973. The van der Waals surface area contributed by atoms with Crippen molar-refractivity contribution in [2.75, 3.05) is 5.32 Å². The summed E-state index contributed by atoms with van der Waals surface area (Å²) in [7, 11) is 0. The zero-order valence-electron chi connectivity index (χ0n) is 11.6. The van der Waals surface area contributed by atoms with Gasteiger partial charge in [0.15, 0.2) is 10.9 Å². The van der Waals surface area contributed by atoms with Crippen molar-refractivity contribution in [3.05, 3.63) is 58.1 Å². The molecule has 0 atom stereocenters. The van der Waals surface area contributed by atoms with Crippen LogP contribution >= 0.6 is 12.2 Å². The number of aromatic hydroxyl groups is 2. The van der Waals surface area contributed by atoms with Gasteiger partial charge in [0.05, 0.1) is 11.1 Å². The highest BCUT2D eigenvalue weighted by Gasteiger charge is 2.16. The second kappa shape index (κ2) is 7.18. The van der Waals surface area contributed by atoms with Crippen LogP contribution in [0.1, 0.15) is 5.56 Å². The highest BCUT2D eigenvalue weighted by atomic mass is 32.1. The molecule has 118 valence electrons. The summed E-state index contributed by atoms with van der Waals surface area (Å²) < 4.78 is 0. The first kappa shape index (κ1) is 16.2. The lowest BCUT2D eigenvalue weighted by Gasteiger charge is -2.06. The van der Waals surface area contributed by atoms with Gasteiger partial charge in [-0.1, -0.05) is 18.2 Å². The van der Waals surface area contributed by atoms with Crippen LogP contribution in [0.25, 0.3) is 0 Å². The van der Waals surface area contributed by atoms with Crippen LogP contribution in [0.5, 0.6) is 11.5 Å². The average molecular weight is 332 g/mol. The Balaban J connectivity index is 2.04. The maximum absolute atomic E-state index is 10.7. The molecule has 2 aromatic rings. The fraction of sp³-hybridized carbons (Fsp3) is 0. The number of nitro benzene ring substituents is 1. The summed E-state index contributed by atoms with van der Waals surface area (Å²) in [5.41, 5.74) is 2.81. The van der Waals surface area contributed by atoms with E-state index in [-0.39, 0.29) is 16.4 Å². The van der Waals surface area contributed by atoms with Gasteiger partial charge in [0.1, 0.15) is 5.75 Å². The number of nitrogens with one attached hydrogen (secondary N) is 2. The van der Waals surface area contributed by atoms with Crippen LogP contribution in [0.15, 0.2) is 47.6 Å². The molecule has 0 bridgehead atoms. The second-order valence-electron chi connectivity index (χ2n) is 4.35. The molecule has 8 nitrogen and oxygen atoms in total. The molecule has 0 aromatic heterocycles. The topological polar surface area (TPSA) is 120 Å². The van der Waals surface area contributed by atoms with Crippen LogP contribution in [0, 0.1) is 10.1 Å². The fourth-order valence-corrected chi connectivity index (χ4v) is 1.84. The van der Waals surface area contributed by atoms with Crippen molar-refractivity contribution in [1.82, 2.24) is 5.43 Å². The Morgan fingerprint density at radius 3 is 2.57 bits per heavy atom. The second-order valence-corrected chi connectivity index (χ2v) is 4.76. The maximum atomic E-state index is 10.7.